The van der Waals surface area contributed by atoms with Crippen molar-refractivity contribution in [2.45, 2.75) is 25.8 Å². The summed E-state index contributed by atoms with van der Waals surface area (Å²) in [5.41, 5.74) is 0.199. The van der Waals surface area contributed by atoms with Crippen molar-refractivity contribution in [3.8, 4) is 11.5 Å². The van der Waals surface area contributed by atoms with E-state index in [1.165, 1.54) is 31.3 Å². The van der Waals surface area contributed by atoms with Gasteiger partial charge >= 0.3 is 5.97 Å². The third kappa shape index (κ3) is 5.59. The predicted octanol–water partition coefficient (Wildman–Crippen LogP) is 1.29. The van der Waals surface area contributed by atoms with Crippen molar-refractivity contribution in [2.24, 2.45) is 0 Å². The first-order valence-corrected chi connectivity index (χ1v) is 10.5. The van der Waals surface area contributed by atoms with E-state index in [2.05, 4.69) is 0 Å². The molecule has 0 aromatic heterocycles. The van der Waals surface area contributed by atoms with E-state index in [1.54, 1.807) is 6.07 Å². The number of carbonyl (C=O) groups excluding carboxylic acids is 2. The van der Waals surface area contributed by atoms with E-state index in [0.717, 1.165) is 0 Å². The van der Waals surface area contributed by atoms with Gasteiger partial charge in [-0.05, 0) is 25.0 Å². The lowest BCUT2D eigenvalue weighted by Crippen LogP contribution is -2.43. The van der Waals surface area contributed by atoms with Crippen LogP contribution in [0.3, 0.4) is 0 Å². The molecule has 1 atom stereocenters. The third-order valence-electron chi connectivity index (χ3n) is 4.35. The lowest BCUT2D eigenvalue weighted by Gasteiger charge is -2.27. The fourth-order valence-corrected chi connectivity index (χ4v) is 4.72. The molecule has 8 nitrogen and oxygen atoms in total. The van der Waals surface area contributed by atoms with Crippen LogP contribution in [0.1, 0.15) is 30.1 Å². The second kappa shape index (κ2) is 9.07. The molecule has 1 aliphatic rings. The predicted molar refractivity (Wildman–Crippen MR) is 98.9 cm³/mol. The van der Waals surface area contributed by atoms with Gasteiger partial charge in [-0.2, -0.15) is 0 Å². The molecule has 1 heterocycles. The average Bonchev–Trinajstić information content (AvgIpc) is 3.02. The highest BCUT2D eigenvalue weighted by Crippen LogP contribution is 2.23. The standard InChI is InChI=1S/C18H25NO7S/c1-4-6-19(14-5-7-27(22,23)12-14)17(20)11-26-18(21)13-8-15(24-2)10-16(9-13)25-3/h8-10,14H,4-7,11-12H2,1-3H3/t14-/m0/s1. The van der Waals surface area contributed by atoms with Crippen LogP contribution in [-0.4, -0.2) is 70.1 Å². The number of sulfone groups is 1. The van der Waals surface area contributed by atoms with Gasteiger partial charge in [0.1, 0.15) is 11.5 Å². The van der Waals surface area contributed by atoms with E-state index >= 15 is 0 Å². The second-order valence-electron chi connectivity index (χ2n) is 6.32. The quantitative estimate of drug-likeness (QED) is 0.607. The fraction of sp³-hybridized carbons (Fsp3) is 0.556. The fourth-order valence-electron chi connectivity index (χ4n) is 2.99. The molecular formula is C18H25NO7S. The van der Waals surface area contributed by atoms with E-state index in [4.69, 9.17) is 14.2 Å². The summed E-state index contributed by atoms with van der Waals surface area (Å²) in [4.78, 5) is 26.3. The number of carbonyl (C=O) groups is 2. The highest BCUT2D eigenvalue weighted by atomic mass is 32.2. The van der Waals surface area contributed by atoms with Gasteiger partial charge in [-0.3, -0.25) is 4.79 Å². The SMILES string of the molecule is CCCN(C(=O)COC(=O)c1cc(OC)cc(OC)c1)[C@H]1CCS(=O)(=O)C1. The Kier molecular flexibility index (Phi) is 7.06. The van der Waals surface area contributed by atoms with Crippen molar-refractivity contribution in [3.05, 3.63) is 23.8 Å². The Hall–Kier alpha value is -2.29. The minimum absolute atomic E-state index is 0.0419. The Morgan fingerprint density at radius 1 is 1.15 bits per heavy atom. The molecule has 1 saturated heterocycles. The summed E-state index contributed by atoms with van der Waals surface area (Å²) in [5, 5.41) is 0. The van der Waals surface area contributed by atoms with Gasteiger partial charge < -0.3 is 19.1 Å². The largest absolute Gasteiger partial charge is 0.497 e. The molecule has 0 saturated carbocycles. The first-order valence-electron chi connectivity index (χ1n) is 8.69. The number of ether oxygens (including phenoxy) is 3. The first-order chi connectivity index (χ1) is 12.8. The summed E-state index contributed by atoms with van der Waals surface area (Å²) < 4.78 is 38.8. The summed E-state index contributed by atoms with van der Waals surface area (Å²) in [5.74, 6) is -0.195. The van der Waals surface area contributed by atoms with Gasteiger partial charge in [-0.25, -0.2) is 13.2 Å². The van der Waals surface area contributed by atoms with Gasteiger partial charge in [0.25, 0.3) is 5.91 Å². The maximum atomic E-state index is 12.5. The summed E-state index contributed by atoms with van der Waals surface area (Å²) >= 11 is 0. The summed E-state index contributed by atoms with van der Waals surface area (Å²) in [6, 6.07) is 4.23. The Bertz CT molecular complexity index is 769. The van der Waals surface area contributed by atoms with Crippen LogP contribution >= 0.6 is 0 Å². The molecule has 0 spiro atoms. The molecule has 27 heavy (non-hydrogen) atoms. The molecular weight excluding hydrogens is 374 g/mol. The van der Waals surface area contributed by atoms with Crippen LogP contribution in [0, 0.1) is 0 Å². The lowest BCUT2D eigenvalue weighted by atomic mass is 10.2. The number of benzene rings is 1. The van der Waals surface area contributed by atoms with Crippen LogP contribution < -0.4 is 9.47 Å². The maximum Gasteiger partial charge on any atom is 0.338 e. The monoisotopic (exact) mass is 399 g/mol. The number of amides is 1. The van der Waals surface area contributed by atoms with Gasteiger partial charge in [0, 0.05) is 18.7 Å². The van der Waals surface area contributed by atoms with Gasteiger partial charge in [-0.15, -0.1) is 0 Å². The molecule has 1 fully saturated rings. The van der Waals surface area contributed by atoms with E-state index in [0.29, 0.717) is 30.9 Å². The zero-order valence-electron chi connectivity index (χ0n) is 15.8. The topological polar surface area (TPSA) is 99.2 Å². The smallest absolute Gasteiger partial charge is 0.338 e. The third-order valence-corrected chi connectivity index (χ3v) is 6.10. The van der Waals surface area contributed by atoms with Crippen LogP contribution in [0.15, 0.2) is 18.2 Å². The van der Waals surface area contributed by atoms with Crippen molar-refractivity contribution in [2.75, 3.05) is 38.9 Å². The zero-order valence-corrected chi connectivity index (χ0v) is 16.6. The number of hydrogen-bond donors (Lipinski definition) is 0. The minimum atomic E-state index is -3.11. The Morgan fingerprint density at radius 2 is 1.78 bits per heavy atom. The van der Waals surface area contributed by atoms with E-state index < -0.39 is 28.3 Å². The molecule has 0 aliphatic carbocycles. The van der Waals surface area contributed by atoms with Crippen LogP contribution in [0.2, 0.25) is 0 Å². The molecule has 1 aromatic rings. The summed E-state index contributed by atoms with van der Waals surface area (Å²) in [7, 11) is -0.183. The Balaban J connectivity index is 2.03. The number of nitrogens with zero attached hydrogens (tertiary/aromatic N) is 1. The van der Waals surface area contributed by atoms with Gasteiger partial charge in [0.2, 0.25) is 0 Å². The van der Waals surface area contributed by atoms with Crippen molar-refractivity contribution in [3.63, 3.8) is 0 Å². The Labute approximate surface area is 159 Å². The molecule has 0 bridgehead atoms. The molecule has 0 N–H and O–H groups in total. The van der Waals surface area contributed by atoms with Gasteiger partial charge in [-0.1, -0.05) is 6.92 Å². The second-order valence-corrected chi connectivity index (χ2v) is 8.55. The normalized spacial score (nSPS) is 18.0. The average molecular weight is 399 g/mol. The maximum absolute atomic E-state index is 12.5. The van der Waals surface area contributed by atoms with Gasteiger partial charge in [0.15, 0.2) is 16.4 Å². The molecule has 2 rings (SSSR count). The van der Waals surface area contributed by atoms with Crippen LogP contribution in [0.25, 0.3) is 0 Å². The molecule has 9 heteroatoms. The van der Waals surface area contributed by atoms with Crippen molar-refractivity contribution in [1.29, 1.82) is 0 Å². The van der Waals surface area contributed by atoms with Crippen molar-refractivity contribution < 1.29 is 32.2 Å². The number of rotatable bonds is 8. The van der Waals surface area contributed by atoms with E-state index in [1.807, 2.05) is 6.92 Å². The Morgan fingerprint density at radius 3 is 2.26 bits per heavy atom. The lowest BCUT2D eigenvalue weighted by molar-refractivity contribution is -0.136. The minimum Gasteiger partial charge on any atom is -0.497 e. The van der Waals surface area contributed by atoms with Crippen molar-refractivity contribution in [1.82, 2.24) is 4.90 Å². The van der Waals surface area contributed by atoms with Crippen LogP contribution in [0.4, 0.5) is 0 Å². The number of esters is 1. The summed E-state index contributed by atoms with van der Waals surface area (Å²) in [6.07, 6.45) is 1.10. The summed E-state index contributed by atoms with van der Waals surface area (Å²) in [6.45, 7) is 1.87. The van der Waals surface area contributed by atoms with Crippen LogP contribution in [0.5, 0.6) is 11.5 Å². The van der Waals surface area contributed by atoms with Gasteiger partial charge in [0.05, 0.1) is 31.3 Å². The van der Waals surface area contributed by atoms with E-state index in [-0.39, 0.29) is 23.1 Å². The number of hydrogen-bond acceptors (Lipinski definition) is 7. The van der Waals surface area contributed by atoms with Crippen LogP contribution in [-0.2, 0) is 19.4 Å². The molecule has 1 aromatic carbocycles. The zero-order chi connectivity index (χ0) is 20.0. The molecule has 0 unspecified atom stereocenters. The molecule has 1 amide bonds. The highest BCUT2D eigenvalue weighted by molar-refractivity contribution is 7.91. The number of methoxy groups -OCH3 is 2. The van der Waals surface area contributed by atoms with Crippen molar-refractivity contribution >= 4 is 21.7 Å². The molecule has 1 aliphatic heterocycles. The highest BCUT2D eigenvalue weighted by Gasteiger charge is 2.34. The molecule has 150 valence electrons. The first kappa shape index (κ1) is 21.0. The molecule has 0 radical (unpaired) electrons. The van der Waals surface area contributed by atoms with E-state index in [9.17, 15) is 18.0 Å².